The van der Waals surface area contributed by atoms with Gasteiger partial charge in [0.2, 0.25) is 11.8 Å². The van der Waals surface area contributed by atoms with Gasteiger partial charge in [-0.05, 0) is 36.5 Å². The number of hydrogen-bond acceptors (Lipinski definition) is 3. The Morgan fingerprint density at radius 3 is 2.33 bits per heavy atom. The summed E-state index contributed by atoms with van der Waals surface area (Å²) < 4.78 is 6.12. The lowest BCUT2D eigenvalue weighted by atomic mass is 9.76. The number of imide groups is 1. The third kappa shape index (κ3) is 2.59. The summed E-state index contributed by atoms with van der Waals surface area (Å²) in [7, 11) is 1.55. The molecular formula is C16H18BrNO3. The molecule has 4 nitrogen and oxygen atoms in total. The Hall–Kier alpha value is -1.36. The molecule has 21 heavy (non-hydrogen) atoms. The molecule has 0 unspecified atom stereocenters. The van der Waals surface area contributed by atoms with E-state index in [0.29, 0.717) is 24.3 Å². The van der Waals surface area contributed by atoms with E-state index in [1.165, 1.54) is 4.90 Å². The van der Waals surface area contributed by atoms with Gasteiger partial charge < -0.3 is 4.74 Å². The highest BCUT2D eigenvalue weighted by Crippen LogP contribution is 2.48. The smallest absolute Gasteiger partial charge is 0.234 e. The average molecular weight is 352 g/mol. The second-order valence-electron chi connectivity index (χ2n) is 6.00. The second-order valence-corrected chi connectivity index (χ2v) is 6.92. The summed E-state index contributed by atoms with van der Waals surface area (Å²) in [6, 6.07) is 5.36. The van der Waals surface area contributed by atoms with Crippen LogP contribution in [-0.2, 0) is 9.59 Å². The molecule has 5 heteroatoms. The van der Waals surface area contributed by atoms with E-state index in [1.807, 2.05) is 6.07 Å². The summed E-state index contributed by atoms with van der Waals surface area (Å²) in [5.74, 6) is 0.330. The van der Waals surface area contributed by atoms with Crippen molar-refractivity contribution in [3.8, 4) is 5.75 Å². The summed E-state index contributed by atoms with van der Waals surface area (Å²) >= 11 is 3.39. The molecule has 2 amide bonds. The number of nitrogens with zero attached hydrogens (tertiary/aromatic N) is 1. The van der Waals surface area contributed by atoms with Crippen molar-refractivity contribution in [2.24, 2.45) is 5.41 Å². The minimum absolute atomic E-state index is 0.0795. The number of hydrogen-bond donors (Lipinski definition) is 0. The molecule has 1 saturated heterocycles. The van der Waals surface area contributed by atoms with Gasteiger partial charge in [-0.25, -0.2) is 4.90 Å². The maximum Gasteiger partial charge on any atom is 0.234 e. The Labute approximate surface area is 132 Å². The fourth-order valence-electron chi connectivity index (χ4n) is 3.59. The molecule has 1 aromatic rings. The molecule has 2 fully saturated rings. The fourth-order valence-corrected chi connectivity index (χ4v) is 3.94. The van der Waals surface area contributed by atoms with Gasteiger partial charge in [0, 0.05) is 17.3 Å². The molecule has 3 rings (SSSR count). The van der Waals surface area contributed by atoms with E-state index >= 15 is 0 Å². The van der Waals surface area contributed by atoms with Crippen LogP contribution in [0.1, 0.15) is 38.5 Å². The Kier molecular flexibility index (Phi) is 3.78. The zero-order chi connectivity index (χ0) is 15.0. The number of carbonyl (C=O) groups is 2. The average Bonchev–Trinajstić information content (AvgIpc) is 2.86. The van der Waals surface area contributed by atoms with Crippen LogP contribution in [-0.4, -0.2) is 18.9 Å². The zero-order valence-electron chi connectivity index (χ0n) is 12.0. The van der Waals surface area contributed by atoms with E-state index in [4.69, 9.17) is 4.74 Å². The Bertz CT molecular complexity index is 573. The van der Waals surface area contributed by atoms with Gasteiger partial charge in [0.05, 0.1) is 12.8 Å². The number of methoxy groups -OCH3 is 1. The molecule has 112 valence electrons. The van der Waals surface area contributed by atoms with Crippen molar-refractivity contribution in [1.29, 1.82) is 0 Å². The summed E-state index contributed by atoms with van der Waals surface area (Å²) in [6.45, 7) is 0. The standard InChI is InChI=1S/C16H18BrNO3/c1-21-13-5-4-11(17)8-12(13)18-14(19)9-16(10-15(18)20)6-2-3-7-16/h4-5,8H,2-3,6-7,9-10H2,1H3. The molecule has 2 aliphatic rings. The van der Waals surface area contributed by atoms with Crippen LogP contribution in [0.3, 0.4) is 0 Å². The lowest BCUT2D eigenvalue weighted by Crippen LogP contribution is -2.47. The number of halogens is 1. The minimum atomic E-state index is -0.107. The highest BCUT2D eigenvalue weighted by atomic mass is 79.9. The van der Waals surface area contributed by atoms with E-state index in [1.54, 1.807) is 19.2 Å². The number of carbonyl (C=O) groups excluding carboxylic acids is 2. The zero-order valence-corrected chi connectivity index (χ0v) is 13.6. The van der Waals surface area contributed by atoms with Crippen LogP contribution in [0.5, 0.6) is 5.75 Å². The first kappa shape index (κ1) is 14.6. The molecule has 0 bridgehead atoms. The van der Waals surface area contributed by atoms with Crippen molar-refractivity contribution >= 4 is 33.4 Å². The number of piperidine rings is 1. The monoisotopic (exact) mass is 351 g/mol. The normalized spacial score (nSPS) is 21.1. The SMILES string of the molecule is COc1ccc(Br)cc1N1C(=O)CC2(CCCC2)CC1=O. The van der Waals surface area contributed by atoms with Crippen molar-refractivity contribution in [2.75, 3.05) is 12.0 Å². The summed E-state index contributed by atoms with van der Waals surface area (Å²) in [4.78, 5) is 26.5. The molecule has 0 radical (unpaired) electrons. The molecule has 0 atom stereocenters. The van der Waals surface area contributed by atoms with Crippen LogP contribution < -0.4 is 9.64 Å². The van der Waals surface area contributed by atoms with E-state index in [9.17, 15) is 9.59 Å². The predicted octanol–water partition coefficient (Wildman–Crippen LogP) is 3.67. The quantitative estimate of drug-likeness (QED) is 0.763. The lowest BCUT2D eigenvalue weighted by molar-refractivity contribution is -0.133. The Balaban J connectivity index is 1.95. The van der Waals surface area contributed by atoms with Crippen molar-refractivity contribution in [1.82, 2.24) is 0 Å². The molecule has 1 heterocycles. The van der Waals surface area contributed by atoms with Crippen LogP contribution in [0.25, 0.3) is 0 Å². The van der Waals surface area contributed by atoms with Gasteiger partial charge in [0.25, 0.3) is 0 Å². The minimum Gasteiger partial charge on any atom is -0.495 e. The first-order chi connectivity index (χ1) is 10.0. The number of benzene rings is 1. The lowest BCUT2D eigenvalue weighted by Gasteiger charge is -2.37. The van der Waals surface area contributed by atoms with Crippen molar-refractivity contribution in [3.05, 3.63) is 22.7 Å². The predicted molar refractivity (Wildman–Crippen MR) is 83.3 cm³/mol. The fraction of sp³-hybridized carbons (Fsp3) is 0.500. The second kappa shape index (κ2) is 5.44. The molecule has 1 aromatic carbocycles. The molecule has 1 aliphatic heterocycles. The molecule has 1 saturated carbocycles. The molecule has 0 N–H and O–H groups in total. The van der Waals surface area contributed by atoms with Gasteiger partial charge in [0.1, 0.15) is 5.75 Å². The molecule has 1 spiro atoms. The Morgan fingerprint density at radius 1 is 1.14 bits per heavy atom. The van der Waals surface area contributed by atoms with Crippen LogP contribution in [0, 0.1) is 5.41 Å². The van der Waals surface area contributed by atoms with Crippen molar-refractivity contribution < 1.29 is 14.3 Å². The van der Waals surface area contributed by atoms with Gasteiger partial charge in [-0.15, -0.1) is 0 Å². The molecular weight excluding hydrogens is 334 g/mol. The number of anilines is 1. The largest absolute Gasteiger partial charge is 0.495 e. The first-order valence-electron chi connectivity index (χ1n) is 7.24. The van der Waals surface area contributed by atoms with Crippen molar-refractivity contribution in [2.45, 2.75) is 38.5 Å². The summed E-state index contributed by atoms with van der Waals surface area (Å²) in [5, 5.41) is 0. The van der Waals surface area contributed by atoms with E-state index in [0.717, 1.165) is 30.2 Å². The van der Waals surface area contributed by atoms with Crippen molar-refractivity contribution in [3.63, 3.8) is 0 Å². The Morgan fingerprint density at radius 2 is 1.76 bits per heavy atom. The van der Waals surface area contributed by atoms with Crippen LogP contribution in [0.15, 0.2) is 22.7 Å². The van der Waals surface area contributed by atoms with Crippen LogP contribution in [0.2, 0.25) is 0 Å². The number of rotatable bonds is 2. The number of ether oxygens (including phenoxy) is 1. The number of amides is 2. The van der Waals surface area contributed by atoms with E-state index in [-0.39, 0.29) is 17.2 Å². The first-order valence-corrected chi connectivity index (χ1v) is 8.03. The highest BCUT2D eigenvalue weighted by molar-refractivity contribution is 9.10. The third-order valence-electron chi connectivity index (χ3n) is 4.60. The maximum absolute atomic E-state index is 12.6. The van der Waals surface area contributed by atoms with Gasteiger partial charge in [0.15, 0.2) is 0 Å². The third-order valence-corrected chi connectivity index (χ3v) is 5.09. The van der Waals surface area contributed by atoms with Crippen LogP contribution >= 0.6 is 15.9 Å². The molecule has 1 aliphatic carbocycles. The summed E-state index contributed by atoms with van der Waals surface area (Å²) in [5.41, 5.74) is 0.457. The van der Waals surface area contributed by atoms with Crippen LogP contribution in [0.4, 0.5) is 5.69 Å². The highest BCUT2D eigenvalue weighted by Gasteiger charge is 2.46. The van der Waals surface area contributed by atoms with Gasteiger partial charge >= 0.3 is 0 Å². The van der Waals surface area contributed by atoms with E-state index < -0.39 is 0 Å². The van der Waals surface area contributed by atoms with Gasteiger partial charge in [-0.1, -0.05) is 28.8 Å². The van der Waals surface area contributed by atoms with Gasteiger partial charge in [-0.3, -0.25) is 9.59 Å². The topological polar surface area (TPSA) is 46.6 Å². The van der Waals surface area contributed by atoms with Gasteiger partial charge in [-0.2, -0.15) is 0 Å². The molecule has 0 aromatic heterocycles. The van der Waals surface area contributed by atoms with E-state index in [2.05, 4.69) is 15.9 Å². The maximum atomic E-state index is 12.6. The summed E-state index contributed by atoms with van der Waals surface area (Å²) in [6.07, 6.45) is 5.17.